The molecular weight excluding hydrogens is 900 g/mol. The van der Waals surface area contributed by atoms with Gasteiger partial charge in [0.15, 0.2) is 27.4 Å². The van der Waals surface area contributed by atoms with Gasteiger partial charge in [0.1, 0.15) is 23.1 Å². The number of halogens is 3. The molecule has 4 amide bonds. The summed E-state index contributed by atoms with van der Waals surface area (Å²) in [5.41, 5.74) is 9.66. The van der Waals surface area contributed by atoms with Crippen molar-refractivity contribution < 1.29 is 50.6 Å². The number of aromatic nitrogens is 2. The van der Waals surface area contributed by atoms with Crippen LogP contribution in [-0.2, 0) is 36.1 Å². The summed E-state index contributed by atoms with van der Waals surface area (Å²) in [5, 5.41) is 5.94. The molecule has 5 heterocycles. The van der Waals surface area contributed by atoms with Gasteiger partial charge in [-0.1, -0.05) is 35.9 Å². The van der Waals surface area contributed by atoms with Gasteiger partial charge in [0.2, 0.25) is 11.8 Å². The molecule has 3 aliphatic heterocycles. The van der Waals surface area contributed by atoms with Crippen molar-refractivity contribution in [1.82, 2.24) is 25.1 Å². The third kappa shape index (κ3) is 9.17. The van der Waals surface area contributed by atoms with Gasteiger partial charge in [0.05, 0.1) is 16.9 Å². The van der Waals surface area contributed by atoms with Crippen LogP contribution in [-0.4, -0.2) is 108 Å². The van der Waals surface area contributed by atoms with Crippen LogP contribution in [0.4, 0.5) is 20.4 Å². The Morgan fingerprint density at radius 2 is 1.67 bits per heavy atom. The lowest BCUT2D eigenvalue weighted by Crippen LogP contribution is -2.54. The number of carbonyl (C=O) groups excluding carboxylic acids is 4. The van der Waals surface area contributed by atoms with E-state index in [9.17, 15) is 36.4 Å². The van der Waals surface area contributed by atoms with Gasteiger partial charge in [-0.2, -0.15) is 0 Å². The Bertz CT molecular complexity index is 2930. The van der Waals surface area contributed by atoms with Crippen molar-refractivity contribution in [3.63, 3.8) is 0 Å². The van der Waals surface area contributed by atoms with Crippen molar-refractivity contribution in [1.29, 1.82) is 0 Å². The molecule has 0 spiro atoms. The first-order chi connectivity index (χ1) is 31.5. The van der Waals surface area contributed by atoms with Crippen LogP contribution in [0, 0.1) is 6.92 Å². The fourth-order valence-corrected chi connectivity index (χ4v) is 9.76. The van der Waals surface area contributed by atoms with Crippen LogP contribution < -0.4 is 30.6 Å². The zero-order valence-corrected chi connectivity index (χ0v) is 36.9. The minimum absolute atomic E-state index is 0.115. The highest BCUT2D eigenvalue weighted by atomic mass is 35.5. The average Bonchev–Trinajstić information content (AvgIpc) is 3.89. The minimum Gasteiger partial charge on any atom is -0.479 e. The Morgan fingerprint density at radius 1 is 0.909 bits per heavy atom. The average molecular weight is 942 g/mol. The molecule has 2 fully saturated rings. The number of sulfone groups is 1. The van der Waals surface area contributed by atoms with E-state index in [0.717, 1.165) is 16.7 Å². The Balaban J connectivity index is 0.751. The van der Waals surface area contributed by atoms with E-state index in [0.29, 0.717) is 58.2 Å². The summed E-state index contributed by atoms with van der Waals surface area (Å²) in [6.45, 7) is 2.22. The molecule has 16 nitrogen and oxygen atoms in total. The Kier molecular flexibility index (Phi) is 11.5. The number of rotatable bonds is 12. The highest BCUT2D eigenvalue weighted by Gasteiger charge is 2.53. The molecule has 1 saturated carbocycles. The summed E-state index contributed by atoms with van der Waals surface area (Å²) in [7, 11) is -3.93. The van der Waals surface area contributed by atoms with E-state index >= 15 is 0 Å². The first-order valence-electron chi connectivity index (χ1n) is 21.0. The van der Waals surface area contributed by atoms with Gasteiger partial charge in [-0.05, 0) is 91.1 Å². The number of fused-ring (bicyclic) bond motifs is 2. The summed E-state index contributed by atoms with van der Waals surface area (Å²) in [4.78, 5) is 65.2. The number of nitrogens with two attached hydrogens (primary N) is 1. The van der Waals surface area contributed by atoms with Crippen molar-refractivity contribution in [2.24, 2.45) is 0 Å². The zero-order valence-electron chi connectivity index (χ0n) is 35.3. The molecule has 66 heavy (non-hydrogen) atoms. The SMILES string of the molecule is Cc1ccc(NC(=O)C2(c3ccc4c(c3)OC(F)(F)O4)CC2)nc1-c1cccc(C(=O)NCCS(=O)(=O)CC(=O)N2CCN(C(=O)C3Cc4cc(Cl)cc(-c5ccnc(N)c5)c4O3)CC2)c1. The predicted molar refractivity (Wildman–Crippen MR) is 238 cm³/mol. The fraction of sp³-hybridized carbons (Fsp3) is 0.304. The molecule has 5 aromatic rings. The lowest BCUT2D eigenvalue weighted by molar-refractivity contribution is -0.286. The lowest BCUT2D eigenvalue weighted by Gasteiger charge is -2.35. The highest BCUT2D eigenvalue weighted by molar-refractivity contribution is 7.92. The van der Waals surface area contributed by atoms with Crippen molar-refractivity contribution in [2.75, 3.05) is 55.3 Å². The Labute approximate surface area is 382 Å². The maximum atomic E-state index is 13.6. The second-order valence-electron chi connectivity index (χ2n) is 16.6. The van der Waals surface area contributed by atoms with Crippen LogP contribution in [0.1, 0.15) is 39.9 Å². The van der Waals surface area contributed by atoms with Crippen LogP contribution in [0.3, 0.4) is 0 Å². The summed E-state index contributed by atoms with van der Waals surface area (Å²) < 4.78 is 68.6. The number of aryl methyl sites for hydroxylation is 1. The zero-order chi connectivity index (χ0) is 46.5. The molecule has 1 aliphatic carbocycles. The highest BCUT2D eigenvalue weighted by Crippen LogP contribution is 2.52. The number of nitrogens with zero attached hydrogens (tertiary/aromatic N) is 4. The Morgan fingerprint density at radius 3 is 2.42 bits per heavy atom. The van der Waals surface area contributed by atoms with E-state index in [2.05, 4.69) is 30.1 Å². The number of ether oxygens (including phenoxy) is 3. The maximum Gasteiger partial charge on any atom is 0.586 e. The lowest BCUT2D eigenvalue weighted by atomic mass is 9.94. The van der Waals surface area contributed by atoms with Crippen molar-refractivity contribution in [2.45, 2.75) is 44.0 Å². The molecule has 20 heteroatoms. The van der Waals surface area contributed by atoms with Crippen LogP contribution in [0.2, 0.25) is 5.02 Å². The molecule has 3 aromatic carbocycles. The van der Waals surface area contributed by atoms with E-state index < -0.39 is 51.0 Å². The second kappa shape index (κ2) is 17.2. The van der Waals surface area contributed by atoms with Crippen LogP contribution in [0.15, 0.2) is 85.1 Å². The van der Waals surface area contributed by atoms with E-state index in [1.807, 2.05) is 6.92 Å². The largest absolute Gasteiger partial charge is 0.586 e. The van der Waals surface area contributed by atoms with E-state index in [1.54, 1.807) is 77.8 Å². The first-order valence-corrected chi connectivity index (χ1v) is 23.2. The van der Waals surface area contributed by atoms with Gasteiger partial charge in [-0.15, -0.1) is 8.78 Å². The summed E-state index contributed by atoms with van der Waals surface area (Å²) in [6.07, 6.45) is -1.73. The molecule has 1 atom stereocenters. The molecular formula is C46H42ClF2N7O9S. The number of anilines is 2. The number of hydrogen-bond donors (Lipinski definition) is 3. The molecule has 4 aliphatic rings. The maximum absolute atomic E-state index is 13.6. The number of pyridine rings is 2. The van der Waals surface area contributed by atoms with Gasteiger partial charge in [0.25, 0.3) is 11.8 Å². The smallest absolute Gasteiger partial charge is 0.479 e. The number of nitrogens with one attached hydrogen (secondary N) is 2. The van der Waals surface area contributed by atoms with Gasteiger partial charge < -0.3 is 40.4 Å². The number of benzene rings is 3. The molecule has 342 valence electrons. The van der Waals surface area contributed by atoms with Crippen molar-refractivity contribution >= 4 is 56.7 Å². The van der Waals surface area contributed by atoms with Crippen LogP contribution in [0.25, 0.3) is 22.4 Å². The standard InChI is InChI=1S/C46H42ClF2N7O9S/c1-26-5-8-38(54-44(60)45(10-11-45)31-6-7-34-35(23-31)65-46(48,49)64-34)53-40(26)28-3-2-4-29(19-28)42(58)52-13-18-66(61,62)25-39(57)55-14-16-56(17-15-55)43(59)36-21-30-20-32(47)24-33(41(30)63-36)27-9-12-51-37(50)22-27/h2-9,12,19-20,22-24,36H,10-11,13-18,21,25H2,1H3,(H2,50,51)(H,52,58)(H,53,54,60). The third-order valence-corrected chi connectivity index (χ3v) is 13.8. The molecule has 0 bridgehead atoms. The number of piperazine rings is 1. The fourth-order valence-electron chi connectivity index (χ4n) is 8.40. The van der Waals surface area contributed by atoms with Crippen LogP contribution in [0.5, 0.6) is 17.2 Å². The van der Waals surface area contributed by atoms with Crippen molar-refractivity contribution in [3.8, 4) is 39.6 Å². The number of alkyl halides is 2. The Hall–Kier alpha value is -6.86. The molecule has 0 radical (unpaired) electrons. The van der Waals surface area contributed by atoms with E-state index in [-0.39, 0.29) is 67.4 Å². The number of carbonyl (C=O) groups is 4. The first kappa shape index (κ1) is 44.3. The molecule has 9 rings (SSSR count). The number of amides is 4. The summed E-state index contributed by atoms with van der Waals surface area (Å²) in [6, 6.07) is 21.2. The van der Waals surface area contributed by atoms with Crippen molar-refractivity contribution in [3.05, 3.63) is 112 Å². The molecule has 1 saturated heterocycles. The normalized spacial score (nSPS) is 17.7. The minimum atomic E-state index is -3.93. The molecule has 4 N–H and O–H groups in total. The third-order valence-electron chi connectivity index (χ3n) is 12.0. The topological polar surface area (TPSA) is 212 Å². The van der Waals surface area contributed by atoms with Gasteiger partial charge in [-0.3, -0.25) is 19.2 Å². The van der Waals surface area contributed by atoms with Gasteiger partial charge >= 0.3 is 6.29 Å². The second-order valence-corrected chi connectivity index (χ2v) is 19.2. The van der Waals surface area contributed by atoms with E-state index in [4.69, 9.17) is 22.1 Å². The van der Waals surface area contributed by atoms with Crippen LogP contribution >= 0.6 is 11.6 Å². The monoisotopic (exact) mass is 941 g/mol. The number of nitrogen functional groups attached to an aromatic ring is 1. The van der Waals surface area contributed by atoms with Gasteiger partial charge in [-0.25, -0.2) is 18.4 Å². The molecule has 1 unspecified atom stereocenters. The molecule has 2 aromatic heterocycles. The number of hydrogen-bond acceptors (Lipinski definition) is 12. The van der Waals surface area contributed by atoms with Gasteiger partial charge in [0, 0.05) is 72.6 Å². The summed E-state index contributed by atoms with van der Waals surface area (Å²) >= 11 is 6.41. The quantitative estimate of drug-likeness (QED) is 0.148. The van der Waals surface area contributed by atoms with E-state index in [1.165, 1.54) is 17.0 Å². The predicted octanol–water partition coefficient (Wildman–Crippen LogP) is 5.17. The summed E-state index contributed by atoms with van der Waals surface area (Å²) in [5.74, 6) is -2.18.